The number of rotatable bonds is 5. The molecule has 3 rings (SSSR count). The Kier molecular flexibility index (Phi) is 4.91. The van der Waals surface area contributed by atoms with Crippen LogP contribution in [0.25, 0.3) is 10.9 Å². The van der Waals surface area contributed by atoms with Crippen LogP contribution in [0.2, 0.25) is 0 Å². The topological polar surface area (TPSA) is 131 Å². The van der Waals surface area contributed by atoms with Crippen molar-refractivity contribution in [1.82, 2.24) is 10.5 Å². The first-order valence-corrected chi connectivity index (χ1v) is 7.85. The first-order chi connectivity index (χ1) is 12.6. The Labute approximate surface area is 150 Å². The SMILES string of the molecule is N=C(NO)c1ccc(N/C=C\C(=N)c2cc(N)nc3ccccc23)cc1. The summed E-state index contributed by atoms with van der Waals surface area (Å²) < 4.78 is 0. The Morgan fingerprint density at radius 2 is 1.81 bits per heavy atom. The van der Waals surface area contributed by atoms with Crippen molar-refractivity contribution in [3.05, 3.63) is 78.0 Å². The summed E-state index contributed by atoms with van der Waals surface area (Å²) in [5.74, 6) is 0.302. The van der Waals surface area contributed by atoms with E-state index in [9.17, 15) is 0 Å². The first-order valence-electron chi connectivity index (χ1n) is 7.85. The number of amidine groups is 1. The predicted octanol–water partition coefficient (Wildman–Crippen LogP) is 3.11. The molecule has 0 unspecified atom stereocenters. The van der Waals surface area contributed by atoms with Gasteiger partial charge in [0.1, 0.15) is 11.7 Å². The molecule has 7 N–H and O–H groups in total. The molecule has 3 aromatic rings. The lowest BCUT2D eigenvalue weighted by Gasteiger charge is -2.07. The van der Waals surface area contributed by atoms with Crippen LogP contribution in [0, 0.1) is 10.8 Å². The van der Waals surface area contributed by atoms with Crippen LogP contribution in [-0.4, -0.2) is 21.7 Å². The number of nitrogens with two attached hydrogens (primary N) is 1. The van der Waals surface area contributed by atoms with Crippen LogP contribution in [0.1, 0.15) is 11.1 Å². The van der Waals surface area contributed by atoms with E-state index in [1.54, 1.807) is 48.1 Å². The van der Waals surface area contributed by atoms with Crippen molar-refractivity contribution in [2.75, 3.05) is 11.1 Å². The molecule has 0 spiro atoms. The van der Waals surface area contributed by atoms with Gasteiger partial charge < -0.3 is 16.5 Å². The third-order valence-electron chi connectivity index (χ3n) is 3.81. The number of anilines is 2. The third-order valence-corrected chi connectivity index (χ3v) is 3.81. The fourth-order valence-electron chi connectivity index (χ4n) is 2.53. The lowest BCUT2D eigenvalue weighted by Crippen LogP contribution is -2.18. The largest absolute Gasteiger partial charge is 0.384 e. The van der Waals surface area contributed by atoms with Gasteiger partial charge in [-0.1, -0.05) is 18.2 Å². The molecule has 130 valence electrons. The number of nitrogens with one attached hydrogen (secondary N) is 4. The maximum atomic E-state index is 8.72. The number of para-hydroxylation sites is 1. The van der Waals surface area contributed by atoms with Crippen LogP contribution < -0.4 is 16.5 Å². The van der Waals surface area contributed by atoms with Gasteiger partial charge in [0, 0.05) is 28.4 Å². The second kappa shape index (κ2) is 7.45. The van der Waals surface area contributed by atoms with E-state index in [1.807, 2.05) is 24.3 Å². The molecule has 0 radical (unpaired) electrons. The van der Waals surface area contributed by atoms with E-state index < -0.39 is 0 Å². The van der Waals surface area contributed by atoms with Gasteiger partial charge in [-0.3, -0.25) is 16.1 Å². The zero-order valence-corrected chi connectivity index (χ0v) is 13.8. The molecule has 0 atom stereocenters. The molecule has 0 saturated heterocycles. The highest BCUT2D eigenvalue weighted by Crippen LogP contribution is 2.20. The van der Waals surface area contributed by atoms with Gasteiger partial charge in [0.25, 0.3) is 0 Å². The van der Waals surface area contributed by atoms with Crippen molar-refractivity contribution >= 4 is 34.0 Å². The Hall–Kier alpha value is -3.71. The summed E-state index contributed by atoms with van der Waals surface area (Å²) in [7, 11) is 0. The molecular weight excluding hydrogens is 328 g/mol. The van der Waals surface area contributed by atoms with Gasteiger partial charge in [-0.05, 0) is 42.5 Å². The second-order valence-corrected chi connectivity index (χ2v) is 5.57. The first kappa shape index (κ1) is 17.1. The number of aromatic nitrogens is 1. The minimum Gasteiger partial charge on any atom is -0.384 e. The number of nitrogen functional groups attached to an aromatic ring is 1. The third kappa shape index (κ3) is 3.68. The van der Waals surface area contributed by atoms with E-state index in [0.717, 1.165) is 16.6 Å². The van der Waals surface area contributed by atoms with Crippen LogP contribution >= 0.6 is 0 Å². The molecule has 1 aromatic heterocycles. The monoisotopic (exact) mass is 346 g/mol. The maximum absolute atomic E-state index is 8.72. The summed E-state index contributed by atoms with van der Waals surface area (Å²) in [6, 6.07) is 16.2. The van der Waals surface area contributed by atoms with Crippen molar-refractivity contribution in [2.45, 2.75) is 0 Å². The van der Waals surface area contributed by atoms with Gasteiger partial charge >= 0.3 is 0 Å². The van der Waals surface area contributed by atoms with Crippen molar-refractivity contribution < 1.29 is 5.21 Å². The van der Waals surface area contributed by atoms with E-state index in [-0.39, 0.29) is 5.84 Å². The number of hydroxylamine groups is 1. The molecule has 0 aliphatic heterocycles. The van der Waals surface area contributed by atoms with Gasteiger partial charge in [-0.25, -0.2) is 4.98 Å². The molecule has 0 aliphatic rings. The summed E-state index contributed by atoms with van der Waals surface area (Å²) >= 11 is 0. The standard InChI is InChI=1S/C19H18N6O/c20-16(15-11-18(21)24-17-4-2-1-3-14(15)17)9-10-23-13-7-5-12(6-8-13)19(22)25-26/h1-11,20,23,26H,(H2,21,24)(H2,22,25)/b10-9-,20-16?. The van der Waals surface area contributed by atoms with Crippen LogP contribution in [0.3, 0.4) is 0 Å². The minimum atomic E-state index is -0.0731. The van der Waals surface area contributed by atoms with E-state index in [1.165, 1.54) is 0 Å². The fraction of sp³-hybridized carbons (Fsp3) is 0. The van der Waals surface area contributed by atoms with Crippen LogP contribution in [-0.2, 0) is 0 Å². The number of allylic oxidation sites excluding steroid dienone is 1. The van der Waals surface area contributed by atoms with Gasteiger partial charge in [0.05, 0.1) is 11.2 Å². The number of hydrogen-bond donors (Lipinski definition) is 6. The number of hydrogen-bond acceptors (Lipinski definition) is 6. The quantitative estimate of drug-likeness (QED) is 0.240. The van der Waals surface area contributed by atoms with Crippen molar-refractivity contribution in [1.29, 1.82) is 10.8 Å². The molecule has 0 bridgehead atoms. The second-order valence-electron chi connectivity index (χ2n) is 5.57. The van der Waals surface area contributed by atoms with Crippen molar-refractivity contribution in [2.24, 2.45) is 0 Å². The summed E-state index contributed by atoms with van der Waals surface area (Å²) in [6.07, 6.45) is 3.31. The van der Waals surface area contributed by atoms with E-state index in [4.69, 9.17) is 21.8 Å². The van der Waals surface area contributed by atoms with Gasteiger partial charge in [0.2, 0.25) is 0 Å². The highest BCUT2D eigenvalue weighted by molar-refractivity contribution is 6.14. The predicted molar refractivity (Wildman–Crippen MR) is 104 cm³/mol. The summed E-state index contributed by atoms with van der Waals surface area (Å²) in [5.41, 5.74) is 10.8. The fourth-order valence-corrected chi connectivity index (χ4v) is 2.53. The zero-order chi connectivity index (χ0) is 18.5. The Morgan fingerprint density at radius 1 is 1.08 bits per heavy atom. The Morgan fingerprint density at radius 3 is 2.54 bits per heavy atom. The summed E-state index contributed by atoms with van der Waals surface area (Å²) in [6.45, 7) is 0. The maximum Gasteiger partial charge on any atom is 0.149 e. The van der Waals surface area contributed by atoms with E-state index >= 15 is 0 Å². The molecule has 26 heavy (non-hydrogen) atoms. The summed E-state index contributed by atoms with van der Waals surface area (Å²) in [5, 5.41) is 28.5. The highest BCUT2D eigenvalue weighted by Gasteiger charge is 2.07. The summed E-state index contributed by atoms with van der Waals surface area (Å²) in [4.78, 5) is 4.28. The molecule has 7 nitrogen and oxygen atoms in total. The highest BCUT2D eigenvalue weighted by atomic mass is 16.5. The number of benzene rings is 2. The number of nitrogens with zero attached hydrogens (tertiary/aromatic N) is 1. The van der Waals surface area contributed by atoms with Crippen molar-refractivity contribution in [3.8, 4) is 0 Å². The molecule has 0 aliphatic carbocycles. The van der Waals surface area contributed by atoms with Gasteiger partial charge in [0.15, 0.2) is 0 Å². The number of pyridine rings is 1. The zero-order valence-electron chi connectivity index (χ0n) is 13.8. The molecule has 1 heterocycles. The lowest BCUT2D eigenvalue weighted by molar-refractivity contribution is 0.234. The molecule has 7 heteroatoms. The van der Waals surface area contributed by atoms with Gasteiger partial charge in [-0.2, -0.15) is 0 Å². The van der Waals surface area contributed by atoms with Crippen LogP contribution in [0.15, 0.2) is 66.9 Å². The van der Waals surface area contributed by atoms with Crippen LogP contribution in [0.4, 0.5) is 11.5 Å². The minimum absolute atomic E-state index is 0.0731. The van der Waals surface area contributed by atoms with Crippen molar-refractivity contribution in [3.63, 3.8) is 0 Å². The Bertz CT molecular complexity index is 995. The molecule has 2 aromatic carbocycles. The van der Waals surface area contributed by atoms with Crippen LogP contribution in [0.5, 0.6) is 0 Å². The average molecular weight is 346 g/mol. The van der Waals surface area contributed by atoms with E-state index in [2.05, 4.69) is 10.3 Å². The number of fused-ring (bicyclic) bond motifs is 1. The smallest absolute Gasteiger partial charge is 0.149 e. The molecule has 0 saturated carbocycles. The molecular formula is C19H18N6O. The Balaban J connectivity index is 1.75. The average Bonchev–Trinajstić information content (AvgIpc) is 2.67. The lowest BCUT2D eigenvalue weighted by atomic mass is 10.0. The van der Waals surface area contributed by atoms with E-state index in [0.29, 0.717) is 22.7 Å². The van der Waals surface area contributed by atoms with Gasteiger partial charge in [-0.15, -0.1) is 0 Å². The molecule has 0 amide bonds. The molecule has 0 fully saturated rings. The normalized spacial score (nSPS) is 10.8.